The van der Waals surface area contributed by atoms with Gasteiger partial charge < -0.3 is 4.90 Å². The molecule has 0 aliphatic carbocycles. The van der Waals surface area contributed by atoms with E-state index in [1.807, 2.05) is 19.0 Å². The van der Waals surface area contributed by atoms with Crippen molar-refractivity contribution in [2.45, 2.75) is 6.54 Å². The van der Waals surface area contributed by atoms with Crippen LogP contribution in [0.25, 0.3) is 22.2 Å². The van der Waals surface area contributed by atoms with Crippen LogP contribution >= 0.6 is 0 Å². The Morgan fingerprint density at radius 1 is 0.966 bits per heavy atom. The second kappa shape index (κ2) is 7.38. The number of aromatic nitrogens is 4. The summed E-state index contributed by atoms with van der Waals surface area (Å²) >= 11 is 0. The highest BCUT2D eigenvalue weighted by Gasteiger charge is 2.15. The number of anilines is 1. The summed E-state index contributed by atoms with van der Waals surface area (Å²) in [6.45, 7) is -0.265. The zero-order chi connectivity index (χ0) is 20.5. The lowest BCUT2D eigenvalue weighted by Crippen LogP contribution is -2.22. The minimum Gasteiger partial charge on any atom is -0.363 e. The van der Waals surface area contributed by atoms with E-state index in [0.717, 1.165) is 12.0 Å². The highest BCUT2D eigenvalue weighted by molar-refractivity contribution is 5.73. The van der Waals surface area contributed by atoms with E-state index in [1.165, 1.54) is 29.1 Å². The number of rotatable bonds is 4. The molecule has 4 rings (SSSR count). The molecule has 1 aromatic carbocycles. The second-order valence-electron chi connectivity index (χ2n) is 6.76. The summed E-state index contributed by atoms with van der Waals surface area (Å²) in [5.41, 5.74) is 1.23. The van der Waals surface area contributed by atoms with Crippen molar-refractivity contribution in [2.24, 2.45) is 0 Å². The van der Waals surface area contributed by atoms with Crippen LogP contribution in [0.15, 0.2) is 59.9 Å². The Morgan fingerprint density at radius 2 is 1.72 bits per heavy atom. The topological polar surface area (TPSA) is 63.9 Å². The highest BCUT2D eigenvalue weighted by Crippen LogP contribution is 2.26. The quantitative estimate of drug-likeness (QED) is 0.533. The van der Waals surface area contributed by atoms with Crippen molar-refractivity contribution < 1.29 is 8.78 Å². The van der Waals surface area contributed by atoms with Gasteiger partial charge in [0.05, 0.1) is 30.0 Å². The van der Waals surface area contributed by atoms with E-state index in [4.69, 9.17) is 0 Å². The molecule has 146 valence electrons. The molecule has 0 aliphatic heterocycles. The van der Waals surface area contributed by atoms with Gasteiger partial charge in [0.15, 0.2) is 0 Å². The van der Waals surface area contributed by atoms with Crippen molar-refractivity contribution >= 4 is 16.9 Å². The molecule has 8 heteroatoms. The van der Waals surface area contributed by atoms with Crippen LogP contribution < -0.4 is 10.5 Å². The summed E-state index contributed by atoms with van der Waals surface area (Å²) in [4.78, 5) is 26.4. The van der Waals surface area contributed by atoms with E-state index in [0.29, 0.717) is 22.2 Å². The van der Waals surface area contributed by atoms with Crippen LogP contribution in [-0.2, 0) is 6.54 Å². The number of halogens is 2. The Bertz CT molecular complexity index is 1230. The van der Waals surface area contributed by atoms with Gasteiger partial charge in [-0.25, -0.2) is 18.7 Å². The molecule has 3 aromatic heterocycles. The molecule has 0 unspecified atom stereocenters. The van der Waals surface area contributed by atoms with E-state index >= 15 is 0 Å². The molecule has 4 aromatic rings. The van der Waals surface area contributed by atoms with Gasteiger partial charge in [0.1, 0.15) is 17.5 Å². The lowest BCUT2D eigenvalue weighted by molar-refractivity contribution is 0.545. The molecule has 3 heterocycles. The minimum absolute atomic E-state index is 0.204. The highest BCUT2D eigenvalue weighted by atomic mass is 19.1. The van der Waals surface area contributed by atoms with Crippen molar-refractivity contribution in [3.8, 4) is 11.1 Å². The Morgan fingerprint density at radius 3 is 2.38 bits per heavy atom. The number of hydrogen-bond donors (Lipinski definition) is 0. The molecule has 0 saturated heterocycles. The third kappa shape index (κ3) is 3.56. The molecule has 0 atom stereocenters. The molecular formula is C21H17F2N5O. The molecule has 0 saturated carbocycles. The zero-order valence-corrected chi connectivity index (χ0v) is 15.8. The summed E-state index contributed by atoms with van der Waals surface area (Å²) in [7, 11) is 3.72. The molecule has 0 aliphatic rings. The predicted octanol–water partition coefficient (Wildman–Crippen LogP) is 3.25. The average molecular weight is 393 g/mol. The summed E-state index contributed by atoms with van der Waals surface area (Å²) in [6, 6.07) is 7.65. The van der Waals surface area contributed by atoms with E-state index in [1.54, 1.807) is 24.4 Å². The largest absolute Gasteiger partial charge is 0.363 e. The van der Waals surface area contributed by atoms with Gasteiger partial charge >= 0.3 is 0 Å². The summed E-state index contributed by atoms with van der Waals surface area (Å²) in [5.74, 6) is -0.737. The smallest absolute Gasteiger partial charge is 0.269 e. The van der Waals surface area contributed by atoms with Crippen LogP contribution in [0.5, 0.6) is 0 Å². The van der Waals surface area contributed by atoms with Crippen LogP contribution in [0, 0.1) is 11.6 Å². The van der Waals surface area contributed by atoms with Crippen molar-refractivity contribution in [1.82, 2.24) is 19.5 Å². The monoisotopic (exact) mass is 393 g/mol. The minimum atomic E-state index is -0.738. The van der Waals surface area contributed by atoms with E-state index in [-0.39, 0.29) is 12.1 Å². The van der Waals surface area contributed by atoms with E-state index in [2.05, 4.69) is 15.0 Å². The van der Waals surface area contributed by atoms with Gasteiger partial charge in [-0.3, -0.25) is 14.3 Å². The van der Waals surface area contributed by atoms with E-state index < -0.39 is 17.2 Å². The van der Waals surface area contributed by atoms with Crippen LogP contribution in [0.4, 0.5) is 14.6 Å². The van der Waals surface area contributed by atoms with Gasteiger partial charge in [-0.2, -0.15) is 0 Å². The van der Waals surface area contributed by atoms with Crippen LogP contribution in [0.1, 0.15) is 5.56 Å². The Balaban J connectivity index is 1.74. The number of hydrogen-bond acceptors (Lipinski definition) is 5. The summed E-state index contributed by atoms with van der Waals surface area (Å²) in [5, 5.41) is 0. The first-order chi connectivity index (χ1) is 13.9. The maximum Gasteiger partial charge on any atom is 0.269 e. The normalized spacial score (nSPS) is 11.0. The average Bonchev–Trinajstić information content (AvgIpc) is 2.72. The lowest BCUT2D eigenvalue weighted by Gasteiger charge is -2.13. The summed E-state index contributed by atoms with van der Waals surface area (Å²) < 4.78 is 30.9. The first-order valence-electron chi connectivity index (χ1n) is 8.85. The molecule has 0 fully saturated rings. The number of benzene rings is 1. The van der Waals surface area contributed by atoms with Gasteiger partial charge in [0.2, 0.25) is 0 Å². The maximum absolute atomic E-state index is 14.8. The number of pyridine rings is 2. The molecule has 0 N–H and O–H groups in total. The summed E-state index contributed by atoms with van der Waals surface area (Å²) in [6.07, 6.45) is 5.68. The van der Waals surface area contributed by atoms with Gasteiger partial charge in [-0.15, -0.1) is 0 Å². The van der Waals surface area contributed by atoms with Gasteiger partial charge in [-0.05, 0) is 35.9 Å². The fourth-order valence-electron chi connectivity index (χ4n) is 3.07. The van der Waals surface area contributed by atoms with Crippen LogP contribution in [-0.4, -0.2) is 33.6 Å². The Labute approximate surface area is 165 Å². The SMILES string of the molecule is CN(C)c1ccc(-c2cc(F)c(Cn3c(=O)cnc4ccncc43)c(F)c2)cn1. The number of fused-ring (bicyclic) bond motifs is 1. The van der Waals surface area contributed by atoms with E-state index in [9.17, 15) is 13.6 Å². The molecule has 6 nitrogen and oxygen atoms in total. The fraction of sp³-hybridized carbons (Fsp3) is 0.143. The maximum atomic E-state index is 14.8. The predicted molar refractivity (Wildman–Crippen MR) is 107 cm³/mol. The van der Waals surface area contributed by atoms with Gasteiger partial charge in [-0.1, -0.05) is 0 Å². The van der Waals surface area contributed by atoms with Crippen LogP contribution in [0.3, 0.4) is 0 Å². The van der Waals surface area contributed by atoms with Crippen LogP contribution in [0.2, 0.25) is 0 Å². The molecule has 0 bridgehead atoms. The van der Waals surface area contributed by atoms with Gasteiger partial charge in [0.25, 0.3) is 5.56 Å². The third-order valence-electron chi connectivity index (χ3n) is 4.65. The fourth-order valence-corrected chi connectivity index (χ4v) is 3.07. The standard InChI is InChI=1S/C21H17F2N5O/c1-27(2)20-4-3-13(9-26-20)14-7-16(22)15(17(23)8-14)12-28-19-10-24-6-5-18(19)25-11-21(28)29/h3-11H,12H2,1-2H3. The Kier molecular flexibility index (Phi) is 4.75. The van der Waals surface area contributed by atoms with Crippen molar-refractivity contribution in [2.75, 3.05) is 19.0 Å². The number of nitrogens with zero attached hydrogens (tertiary/aromatic N) is 5. The van der Waals surface area contributed by atoms with Crippen molar-refractivity contribution in [1.29, 1.82) is 0 Å². The second-order valence-corrected chi connectivity index (χ2v) is 6.76. The molecule has 0 spiro atoms. The molecular weight excluding hydrogens is 376 g/mol. The van der Waals surface area contributed by atoms with Crippen molar-refractivity contribution in [3.05, 3.63) is 82.7 Å². The molecule has 0 amide bonds. The molecule has 29 heavy (non-hydrogen) atoms. The lowest BCUT2D eigenvalue weighted by atomic mass is 10.0. The first kappa shape index (κ1) is 18.7. The Hall–Kier alpha value is -3.68. The first-order valence-corrected chi connectivity index (χ1v) is 8.85. The molecule has 0 radical (unpaired) electrons. The third-order valence-corrected chi connectivity index (χ3v) is 4.65. The van der Waals surface area contributed by atoms with Gasteiger partial charge in [0, 0.05) is 37.6 Å². The zero-order valence-electron chi connectivity index (χ0n) is 15.8. The van der Waals surface area contributed by atoms with Crippen molar-refractivity contribution in [3.63, 3.8) is 0 Å².